The topological polar surface area (TPSA) is 0 Å². The zero-order valence-electron chi connectivity index (χ0n) is 11.2. The standard InChI is InChI=1S/C18H13BrF2/c19-17(10-13-8-9-14(20)11-18(13)21)16-7-3-5-12-4-1-2-6-15(12)16/h1-9,11,17H,10H2. The van der Waals surface area contributed by atoms with E-state index in [-0.39, 0.29) is 4.83 Å². The lowest BCUT2D eigenvalue weighted by Gasteiger charge is -2.14. The second-order valence-corrected chi connectivity index (χ2v) is 6.08. The van der Waals surface area contributed by atoms with Crippen LogP contribution in [0.4, 0.5) is 8.78 Å². The first-order valence-electron chi connectivity index (χ1n) is 6.71. The van der Waals surface area contributed by atoms with E-state index in [1.54, 1.807) is 0 Å². The summed E-state index contributed by atoms with van der Waals surface area (Å²) < 4.78 is 26.7. The molecular weight excluding hydrogens is 334 g/mol. The molecule has 0 spiro atoms. The van der Waals surface area contributed by atoms with Crippen LogP contribution in [-0.2, 0) is 6.42 Å². The van der Waals surface area contributed by atoms with E-state index in [1.807, 2.05) is 24.3 Å². The molecule has 0 aliphatic heterocycles. The molecule has 0 saturated heterocycles. The van der Waals surface area contributed by atoms with Crippen LogP contribution in [0.1, 0.15) is 16.0 Å². The van der Waals surface area contributed by atoms with Gasteiger partial charge in [0.25, 0.3) is 0 Å². The molecule has 3 heteroatoms. The summed E-state index contributed by atoms with van der Waals surface area (Å²) in [5.41, 5.74) is 1.61. The van der Waals surface area contributed by atoms with Gasteiger partial charge in [-0.1, -0.05) is 64.5 Å². The highest BCUT2D eigenvalue weighted by molar-refractivity contribution is 9.09. The Balaban J connectivity index is 1.95. The van der Waals surface area contributed by atoms with Crippen LogP contribution in [0, 0.1) is 11.6 Å². The van der Waals surface area contributed by atoms with Crippen molar-refractivity contribution in [3.63, 3.8) is 0 Å². The molecule has 0 amide bonds. The van der Waals surface area contributed by atoms with E-state index in [1.165, 1.54) is 12.1 Å². The molecule has 1 atom stereocenters. The minimum Gasteiger partial charge on any atom is -0.207 e. The van der Waals surface area contributed by atoms with E-state index < -0.39 is 11.6 Å². The average Bonchev–Trinajstić information content (AvgIpc) is 2.49. The van der Waals surface area contributed by atoms with Gasteiger partial charge in [0.05, 0.1) is 0 Å². The Morgan fingerprint density at radius 1 is 0.905 bits per heavy atom. The monoisotopic (exact) mass is 346 g/mol. The Kier molecular flexibility index (Phi) is 4.02. The number of alkyl halides is 1. The van der Waals surface area contributed by atoms with E-state index in [9.17, 15) is 8.78 Å². The third kappa shape index (κ3) is 2.98. The SMILES string of the molecule is Fc1ccc(CC(Br)c2cccc3ccccc23)c(F)c1. The van der Waals surface area contributed by atoms with Crippen molar-refractivity contribution < 1.29 is 8.78 Å². The summed E-state index contributed by atoms with van der Waals surface area (Å²) >= 11 is 3.64. The molecule has 0 saturated carbocycles. The van der Waals surface area contributed by atoms with Gasteiger partial charge in [0.2, 0.25) is 0 Å². The van der Waals surface area contributed by atoms with Crippen LogP contribution in [0.3, 0.4) is 0 Å². The first kappa shape index (κ1) is 14.2. The second-order valence-electron chi connectivity index (χ2n) is 4.98. The molecular formula is C18H13BrF2. The first-order valence-corrected chi connectivity index (χ1v) is 7.62. The van der Waals surface area contributed by atoms with Gasteiger partial charge >= 0.3 is 0 Å². The Bertz CT molecular complexity index is 778. The maximum atomic E-state index is 13.8. The zero-order chi connectivity index (χ0) is 14.8. The lowest BCUT2D eigenvalue weighted by molar-refractivity contribution is 0.571. The fraction of sp³-hybridized carbons (Fsp3) is 0.111. The van der Waals surface area contributed by atoms with Crippen LogP contribution in [0.2, 0.25) is 0 Å². The van der Waals surface area contributed by atoms with Crippen molar-refractivity contribution in [2.45, 2.75) is 11.2 Å². The van der Waals surface area contributed by atoms with E-state index in [0.717, 1.165) is 22.4 Å². The molecule has 106 valence electrons. The van der Waals surface area contributed by atoms with Crippen LogP contribution in [-0.4, -0.2) is 0 Å². The fourth-order valence-electron chi connectivity index (χ4n) is 2.51. The van der Waals surface area contributed by atoms with Gasteiger partial charge in [-0.2, -0.15) is 0 Å². The Morgan fingerprint density at radius 3 is 2.48 bits per heavy atom. The van der Waals surface area contributed by atoms with Gasteiger partial charge in [-0.3, -0.25) is 0 Å². The summed E-state index contributed by atoms with van der Waals surface area (Å²) in [6.45, 7) is 0. The number of hydrogen-bond donors (Lipinski definition) is 0. The van der Waals surface area contributed by atoms with E-state index in [0.29, 0.717) is 12.0 Å². The van der Waals surface area contributed by atoms with Crippen molar-refractivity contribution in [1.82, 2.24) is 0 Å². The van der Waals surface area contributed by atoms with Crippen molar-refractivity contribution in [2.24, 2.45) is 0 Å². The van der Waals surface area contributed by atoms with E-state index >= 15 is 0 Å². The molecule has 0 aliphatic carbocycles. The van der Waals surface area contributed by atoms with Crippen molar-refractivity contribution in [3.8, 4) is 0 Å². The van der Waals surface area contributed by atoms with Gasteiger partial charge in [-0.15, -0.1) is 0 Å². The zero-order valence-corrected chi connectivity index (χ0v) is 12.8. The summed E-state index contributed by atoms with van der Waals surface area (Å²) in [5, 5.41) is 2.29. The van der Waals surface area contributed by atoms with Crippen LogP contribution in [0.5, 0.6) is 0 Å². The number of rotatable bonds is 3. The highest BCUT2D eigenvalue weighted by atomic mass is 79.9. The number of fused-ring (bicyclic) bond motifs is 1. The third-order valence-electron chi connectivity index (χ3n) is 3.58. The van der Waals surface area contributed by atoms with E-state index in [4.69, 9.17) is 0 Å². The lowest BCUT2D eigenvalue weighted by Crippen LogP contribution is -1.99. The summed E-state index contributed by atoms with van der Waals surface area (Å²) in [5.74, 6) is -1.05. The van der Waals surface area contributed by atoms with Crippen molar-refractivity contribution in [3.05, 3.63) is 83.4 Å². The summed E-state index contributed by atoms with van der Waals surface area (Å²) in [6, 6.07) is 17.9. The lowest BCUT2D eigenvalue weighted by atomic mass is 9.98. The second kappa shape index (κ2) is 5.94. The minimum absolute atomic E-state index is 0.0245. The molecule has 0 aliphatic rings. The van der Waals surface area contributed by atoms with Gasteiger partial charge in [0, 0.05) is 10.9 Å². The molecule has 1 unspecified atom stereocenters. The first-order chi connectivity index (χ1) is 10.1. The molecule has 0 aromatic heterocycles. The van der Waals surface area contributed by atoms with Gasteiger partial charge in [0.15, 0.2) is 0 Å². The average molecular weight is 347 g/mol. The van der Waals surface area contributed by atoms with Crippen molar-refractivity contribution in [2.75, 3.05) is 0 Å². The Morgan fingerprint density at radius 2 is 1.67 bits per heavy atom. The Hall–Kier alpha value is -1.74. The molecule has 0 radical (unpaired) electrons. The highest BCUT2D eigenvalue weighted by Crippen LogP contribution is 2.33. The fourth-order valence-corrected chi connectivity index (χ4v) is 3.26. The van der Waals surface area contributed by atoms with Crippen LogP contribution in [0.25, 0.3) is 10.8 Å². The third-order valence-corrected chi connectivity index (χ3v) is 4.39. The highest BCUT2D eigenvalue weighted by Gasteiger charge is 2.14. The van der Waals surface area contributed by atoms with E-state index in [2.05, 4.69) is 34.1 Å². The van der Waals surface area contributed by atoms with Gasteiger partial charge < -0.3 is 0 Å². The molecule has 0 heterocycles. The van der Waals surface area contributed by atoms with Crippen LogP contribution >= 0.6 is 15.9 Å². The normalized spacial score (nSPS) is 12.5. The van der Waals surface area contributed by atoms with Crippen molar-refractivity contribution in [1.29, 1.82) is 0 Å². The summed E-state index contributed by atoms with van der Waals surface area (Å²) in [6.07, 6.45) is 0.472. The maximum absolute atomic E-state index is 13.8. The molecule has 3 aromatic rings. The predicted molar refractivity (Wildman–Crippen MR) is 85.7 cm³/mol. The van der Waals surface area contributed by atoms with Crippen molar-refractivity contribution >= 4 is 26.7 Å². The molecule has 21 heavy (non-hydrogen) atoms. The molecule has 0 bridgehead atoms. The van der Waals surface area contributed by atoms with Crippen LogP contribution in [0.15, 0.2) is 60.7 Å². The Labute approximate surface area is 130 Å². The smallest absolute Gasteiger partial charge is 0.129 e. The maximum Gasteiger partial charge on any atom is 0.129 e. The molecule has 3 aromatic carbocycles. The number of halogens is 3. The number of hydrogen-bond acceptors (Lipinski definition) is 0. The van der Waals surface area contributed by atoms with Gasteiger partial charge in [0.1, 0.15) is 11.6 Å². The molecule has 0 nitrogen and oxygen atoms in total. The molecule has 0 N–H and O–H groups in total. The van der Waals surface area contributed by atoms with Gasteiger partial charge in [-0.25, -0.2) is 8.78 Å². The molecule has 0 fully saturated rings. The quantitative estimate of drug-likeness (QED) is 0.526. The molecule has 3 rings (SSSR count). The van der Waals surface area contributed by atoms with Crippen LogP contribution < -0.4 is 0 Å². The summed E-state index contributed by atoms with van der Waals surface area (Å²) in [4.78, 5) is -0.0245. The predicted octanol–water partition coefficient (Wildman–Crippen LogP) is 5.80. The summed E-state index contributed by atoms with van der Waals surface area (Å²) in [7, 11) is 0. The largest absolute Gasteiger partial charge is 0.207 e. The van der Waals surface area contributed by atoms with Gasteiger partial charge in [-0.05, 0) is 34.4 Å². The minimum atomic E-state index is -0.549. The number of benzene rings is 3.